The summed E-state index contributed by atoms with van der Waals surface area (Å²) in [5.41, 5.74) is 14.0. The molecule has 60 heavy (non-hydrogen) atoms. The number of hydrogen-bond acceptors (Lipinski definition) is 5. The molecule has 0 saturated carbocycles. The van der Waals surface area contributed by atoms with Crippen LogP contribution < -0.4 is 0 Å². The maximum atomic E-state index is 5.22. The van der Waals surface area contributed by atoms with Gasteiger partial charge in [-0.25, -0.2) is 24.9 Å². The van der Waals surface area contributed by atoms with E-state index in [4.69, 9.17) is 24.9 Å². The second-order valence-corrected chi connectivity index (χ2v) is 14.6. The van der Waals surface area contributed by atoms with Crippen LogP contribution in [0, 0.1) is 0 Å². The summed E-state index contributed by atoms with van der Waals surface area (Å²) in [6, 6.07) is 77.1. The van der Waals surface area contributed by atoms with E-state index in [9.17, 15) is 0 Å². The smallest absolute Gasteiger partial charge is 0.164 e. The zero-order valence-electron chi connectivity index (χ0n) is 32.6. The fourth-order valence-electron chi connectivity index (χ4n) is 7.46. The quantitative estimate of drug-likeness (QED) is 0.146. The lowest BCUT2D eigenvalue weighted by Crippen LogP contribution is -2.00. The molecule has 0 bridgehead atoms. The highest BCUT2D eigenvalue weighted by Crippen LogP contribution is 2.36. The van der Waals surface area contributed by atoms with Crippen LogP contribution in [0.1, 0.15) is 0 Å². The van der Waals surface area contributed by atoms with Crippen molar-refractivity contribution >= 4 is 0 Å². The third-order valence-corrected chi connectivity index (χ3v) is 10.5. The van der Waals surface area contributed by atoms with Gasteiger partial charge in [0.2, 0.25) is 0 Å². The van der Waals surface area contributed by atoms with Crippen molar-refractivity contribution in [3.63, 3.8) is 0 Å². The highest BCUT2D eigenvalue weighted by Gasteiger charge is 2.16. The normalized spacial score (nSPS) is 11.0. The van der Waals surface area contributed by atoms with E-state index in [1.54, 1.807) is 0 Å². The first kappa shape index (κ1) is 36.2. The molecule has 0 aliphatic heterocycles. The Hall–Kier alpha value is -8.15. The van der Waals surface area contributed by atoms with Crippen LogP contribution in [0.4, 0.5) is 0 Å². The molecule has 0 fully saturated rings. The SMILES string of the molecule is c1ccc(-c2cc(-c3ccccc3)cc(-c3cc(-c4cccc(-c5cccc(-c6nc(-c7ccccc7)nc(-c7ccccc7)n6)c5)c4)nc(-c4ccccc4)n3)c2)cc1. The maximum absolute atomic E-state index is 5.22. The van der Waals surface area contributed by atoms with E-state index in [1.165, 1.54) is 0 Å². The van der Waals surface area contributed by atoms with Crippen LogP contribution in [0.25, 0.3) is 101 Å². The largest absolute Gasteiger partial charge is 0.228 e. The van der Waals surface area contributed by atoms with Gasteiger partial charge in [-0.1, -0.05) is 188 Å². The molecule has 0 atom stereocenters. The minimum absolute atomic E-state index is 0.612. The van der Waals surface area contributed by atoms with Gasteiger partial charge in [0.05, 0.1) is 11.4 Å². The second kappa shape index (κ2) is 16.4. The van der Waals surface area contributed by atoms with Gasteiger partial charge in [0.25, 0.3) is 0 Å². The number of aromatic nitrogens is 5. The molecule has 282 valence electrons. The van der Waals surface area contributed by atoms with Crippen molar-refractivity contribution < 1.29 is 0 Å². The Morgan fingerprint density at radius 3 is 0.900 bits per heavy atom. The number of hydrogen-bond donors (Lipinski definition) is 0. The van der Waals surface area contributed by atoms with E-state index in [2.05, 4.69) is 146 Å². The lowest BCUT2D eigenvalue weighted by atomic mass is 9.94. The van der Waals surface area contributed by atoms with Crippen LogP contribution in [0.5, 0.6) is 0 Å². The zero-order chi connectivity index (χ0) is 40.1. The Morgan fingerprint density at radius 1 is 0.167 bits per heavy atom. The Bertz CT molecular complexity index is 2950. The van der Waals surface area contributed by atoms with Crippen molar-refractivity contribution in [3.05, 3.63) is 224 Å². The third kappa shape index (κ3) is 7.76. The molecule has 0 saturated heterocycles. The van der Waals surface area contributed by atoms with Crippen molar-refractivity contribution in [2.45, 2.75) is 0 Å². The highest BCUT2D eigenvalue weighted by atomic mass is 15.0. The molecule has 0 unspecified atom stereocenters. The highest BCUT2D eigenvalue weighted by molar-refractivity contribution is 5.83. The van der Waals surface area contributed by atoms with Crippen molar-refractivity contribution in [1.82, 2.24) is 24.9 Å². The summed E-state index contributed by atoms with van der Waals surface area (Å²) in [6.07, 6.45) is 0. The predicted molar refractivity (Wildman–Crippen MR) is 244 cm³/mol. The van der Waals surface area contributed by atoms with E-state index in [0.29, 0.717) is 23.3 Å². The van der Waals surface area contributed by atoms with Crippen LogP contribution >= 0.6 is 0 Å². The molecular weight excluding hydrogens is 731 g/mol. The van der Waals surface area contributed by atoms with Crippen LogP contribution in [0.3, 0.4) is 0 Å². The zero-order valence-corrected chi connectivity index (χ0v) is 32.6. The molecular formula is C55H37N5. The van der Waals surface area contributed by atoms with E-state index < -0.39 is 0 Å². The Morgan fingerprint density at radius 2 is 0.450 bits per heavy atom. The Labute approximate surface area is 349 Å². The molecule has 2 aromatic heterocycles. The molecule has 0 spiro atoms. The molecule has 0 amide bonds. The first-order valence-electron chi connectivity index (χ1n) is 20.0. The van der Waals surface area contributed by atoms with Gasteiger partial charge in [0, 0.05) is 33.4 Å². The summed E-state index contributed by atoms with van der Waals surface area (Å²) in [5.74, 6) is 2.54. The standard InChI is InChI=1S/C55H37N5/c1-6-18-38(19-7-1)47-34-48(39-20-8-2-9-21-39)36-49(35-47)51-37-50(56-52(57-51)40-22-10-3-11-23-40)45-30-16-28-43(32-45)44-29-17-31-46(33-44)55-59-53(41-24-12-4-13-25-41)58-54(60-55)42-26-14-5-15-27-42/h1-37H. The first-order chi connectivity index (χ1) is 29.7. The van der Waals surface area contributed by atoms with Crippen LogP contribution in [0.15, 0.2) is 224 Å². The van der Waals surface area contributed by atoms with Crippen LogP contribution in [-0.4, -0.2) is 24.9 Å². The summed E-state index contributed by atoms with van der Waals surface area (Å²) in [7, 11) is 0. The minimum Gasteiger partial charge on any atom is -0.228 e. The molecule has 5 heteroatoms. The third-order valence-electron chi connectivity index (χ3n) is 10.5. The number of rotatable bonds is 9. The van der Waals surface area contributed by atoms with Gasteiger partial charge in [-0.05, 0) is 69.8 Å². The summed E-state index contributed by atoms with van der Waals surface area (Å²) in [5, 5.41) is 0. The van der Waals surface area contributed by atoms with Crippen molar-refractivity contribution in [2.24, 2.45) is 0 Å². The molecule has 0 aliphatic carbocycles. The average molecular weight is 768 g/mol. The molecule has 0 radical (unpaired) electrons. The van der Waals surface area contributed by atoms with E-state index in [0.717, 1.165) is 78.1 Å². The maximum Gasteiger partial charge on any atom is 0.164 e. The van der Waals surface area contributed by atoms with Crippen LogP contribution in [0.2, 0.25) is 0 Å². The van der Waals surface area contributed by atoms with Gasteiger partial charge in [0.15, 0.2) is 23.3 Å². The summed E-state index contributed by atoms with van der Waals surface area (Å²) in [6.45, 7) is 0. The van der Waals surface area contributed by atoms with Gasteiger partial charge in [-0.3, -0.25) is 0 Å². The molecule has 5 nitrogen and oxygen atoms in total. The van der Waals surface area contributed by atoms with Gasteiger partial charge >= 0.3 is 0 Å². The van der Waals surface area contributed by atoms with E-state index >= 15 is 0 Å². The summed E-state index contributed by atoms with van der Waals surface area (Å²) >= 11 is 0. The molecule has 10 aromatic rings. The first-order valence-corrected chi connectivity index (χ1v) is 20.0. The Balaban J connectivity index is 1.08. The van der Waals surface area contributed by atoms with Crippen LogP contribution in [-0.2, 0) is 0 Å². The van der Waals surface area contributed by atoms with Crippen molar-refractivity contribution in [2.75, 3.05) is 0 Å². The van der Waals surface area contributed by atoms with Gasteiger partial charge < -0.3 is 0 Å². The summed E-state index contributed by atoms with van der Waals surface area (Å²) in [4.78, 5) is 25.3. The van der Waals surface area contributed by atoms with E-state index in [-0.39, 0.29) is 0 Å². The number of nitrogens with zero attached hydrogens (tertiary/aromatic N) is 5. The average Bonchev–Trinajstić information content (AvgIpc) is 3.35. The molecule has 2 heterocycles. The predicted octanol–water partition coefficient (Wildman–Crippen LogP) is 13.7. The summed E-state index contributed by atoms with van der Waals surface area (Å²) < 4.78 is 0. The van der Waals surface area contributed by atoms with Gasteiger partial charge in [0.1, 0.15) is 0 Å². The lowest BCUT2D eigenvalue weighted by Gasteiger charge is -2.14. The van der Waals surface area contributed by atoms with Crippen molar-refractivity contribution in [1.29, 1.82) is 0 Å². The lowest BCUT2D eigenvalue weighted by molar-refractivity contribution is 1.07. The van der Waals surface area contributed by atoms with E-state index in [1.807, 2.05) is 78.9 Å². The van der Waals surface area contributed by atoms with Crippen molar-refractivity contribution in [3.8, 4) is 101 Å². The fourth-order valence-corrected chi connectivity index (χ4v) is 7.46. The molecule has 8 aromatic carbocycles. The van der Waals surface area contributed by atoms with Gasteiger partial charge in [-0.2, -0.15) is 0 Å². The van der Waals surface area contributed by atoms with Gasteiger partial charge in [-0.15, -0.1) is 0 Å². The second-order valence-electron chi connectivity index (χ2n) is 14.6. The molecule has 0 N–H and O–H groups in total. The topological polar surface area (TPSA) is 64.5 Å². The number of benzene rings is 8. The molecule has 0 aliphatic rings. The fraction of sp³-hybridized carbons (Fsp3) is 0. The Kier molecular flexibility index (Phi) is 9.88. The monoisotopic (exact) mass is 767 g/mol. The minimum atomic E-state index is 0.612. The molecule has 10 rings (SSSR count).